The Kier molecular flexibility index (Phi) is 7.71. The lowest BCUT2D eigenvalue weighted by atomic mass is 9.96. The van der Waals surface area contributed by atoms with E-state index in [0.717, 1.165) is 29.8 Å². The van der Waals surface area contributed by atoms with Crippen molar-refractivity contribution in [3.05, 3.63) is 0 Å². The molecule has 1 unspecified atom stereocenters. The summed E-state index contributed by atoms with van der Waals surface area (Å²) in [6.07, 6.45) is 3.11. The second-order valence-corrected chi connectivity index (χ2v) is 11.0. The Morgan fingerprint density at radius 3 is 2.52 bits per heavy atom. The normalized spacial score (nSPS) is 14.7. The van der Waals surface area contributed by atoms with Gasteiger partial charge in [0.25, 0.3) is 0 Å². The first-order valence-corrected chi connectivity index (χ1v) is 11.3. The van der Waals surface area contributed by atoms with E-state index in [0.29, 0.717) is 27.8 Å². The van der Waals surface area contributed by atoms with Crippen LogP contribution < -0.4 is 11.1 Å². The molecule has 8 heteroatoms. The van der Waals surface area contributed by atoms with Gasteiger partial charge in [-0.05, 0) is 24.7 Å². The highest BCUT2D eigenvalue weighted by Crippen LogP contribution is 2.38. The molecule has 0 aliphatic carbocycles. The monoisotopic (exact) mass is 411 g/mol. The second-order valence-electron chi connectivity index (χ2n) is 8.29. The van der Waals surface area contributed by atoms with Crippen LogP contribution in [-0.2, 0) is 0 Å². The van der Waals surface area contributed by atoms with Crippen molar-refractivity contribution in [1.29, 1.82) is 0 Å². The molecule has 0 bridgehead atoms. The molecule has 0 saturated heterocycles. The summed E-state index contributed by atoms with van der Waals surface area (Å²) in [5.41, 5.74) is 6.54. The van der Waals surface area contributed by atoms with Crippen molar-refractivity contribution >= 4 is 44.4 Å². The zero-order valence-electron chi connectivity index (χ0n) is 17.2. The first-order valence-electron chi connectivity index (χ1n) is 9.64. The standard InChI is InChI=1S/C19H33N5OS2/c1-7-12(4)9-19(5,6)27-18-23-15(21-13(10-25)8-11(2)3)14-16(24-18)22-17(20)26-14/h11-13,25H,7-10H2,1-6H3,(H3,20,21,22,23,24)/t12?,13-/m1/s1. The summed E-state index contributed by atoms with van der Waals surface area (Å²) < 4.78 is 0.870. The molecule has 0 aliphatic heterocycles. The van der Waals surface area contributed by atoms with Gasteiger partial charge < -0.3 is 16.2 Å². The van der Waals surface area contributed by atoms with Gasteiger partial charge in [0.1, 0.15) is 4.70 Å². The molecule has 0 aromatic carbocycles. The maximum absolute atomic E-state index is 9.75. The third-order valence-electron chi connectivity index (χ3n) is 4.47. The number of aliphatic hydroxyl groups excluding tert-OH is 1. The van der Waals surface area contributed by atoms with Gasteiger partial charge in [0.2, 0.25) is 0 Å². The van der Waals surface area contributed by atoms with E-state index >= 15 is 0 Å². The molecule has 2 rings (SSSR count). The molecule has 0 fully saturated rings. The van der Waals surface area contributed by atoms with E-state index in [9.17, 15) is 5.11 Å². The largest absolute Gasteiger partial charge is 0.394 e. The topological polar surface area (TPSA) is 97.0 Å². The van der Waals surface area contributed by atoms with Gasteiger partial charge in [-0.2, -0.15) is 0 Å². The van der Waals surface area contributed by atoms with Crippen LogP contribution in [0.4, 0.5) is 10.9 Å². The molecule has 152 valence electrons. The number of aromatic nitrogens is 3. The van der Waals surface area contributed by atoms with E-state index in [1.54, 1.807) is 11.8 Å². The minimum Gasteiger partial charge on any atom is -0.394 e. The van der Waals surface area contributed by atoms with Crippen molar-refractivity contribution in [2.75, 3.05) is 17.7 Å². The Balaban J connectivity index is 2.33. The highest BCUT2D eigenvalue weighted by Gasteiger charge is 2.25. The lowest BCUT2D eigenvalue weighted by Gasteiger charge is -2.26. The predicted octanol–water partition coefficient (Wildman–Crippen LogP) is 4.79. The fourth-order valence-corrected chi connectivity index (χ4v) is 5.03. The van der Waals surface area contributed by atoms with Gasteiger partial charge in [0.05, 0.1) is 12.6 Å². The van der Waals surface area contributed by atoms with Gasteiger partial charge in [0.15, 0.2) is 21.8 Å². The zero-order valence-corrected chi connectivity index (χ0v) is 18.9. The number of fused-ring (bicyclic) bond motifs is 1. The molecule has 2 atom stereocenters. The van der Waals surface area contributed by atoms with Crippen LogP contribution in [0.15, 0.2) is 5.16 Å². The summed E-state index contributed by atoms with van der Waals surface area (Å²) in [5, 5.41) is 14.3. The molecule has 2 heterocycles. The molecular formula is C19H33N5OS2. The highest BCUT2D eigenvalue weighted by atomic mass is 32.2. The minimum atomic E-state index is -0.0580. The number of aliphatic hydroxyl groups is 1. The molecule has 0 spiro atoms. The Hall–Kier alpha value is -1.12. The van der Waals surface area contributed by atoms with Gasteiger partial charge in [-0.3, -0.25) is 0 Å². The van der Waals surface area contributed by atoms with E-state index in [-0.39, 0.29) is 17.4 Å². The molecule has 0 radical (unpaired) electrons. The molecular weight excluding hydrogens is 378 g/mol. The van der Waals surface area contributed by atoms with Crippen molar-refractivity contribution < 1.29 is 5.11 Å². The fraction of sp³-hybridized carbons (Fsp3) is 0.737. The number of anilines is 2. The van der Waals surface area contributed by atoms with Crippen LogP contribution in [-0.4, -0.2) is 37.5 Å². The van der Waals surface area contributed by atoms with Gasteiger partial charge >= 0.3 is 0 Å². The Morgan fingerprint density at radius 1 is 1.22 bits per heavy atom. The number of thioether (sulfide) groups is 1. The minimum absolute atomic E-state index is 0.0241. The van der Waals surface area contributed by atoms with Gasteiger partial charge in [-0.25, -0.2) is 15.0 Å². The molecule has 27 heavy (non-hydrogen) atoms. The number of nitrogens with zero attached hydrogens (tertiary/aromatic N) is 3. The van der Waals surface area contributed by atoms with E-state index in [4.69, 9.17) is 10.7 Å². The first kappa shape index (κ1) is 22.2. The number of hydrogen-bond donors (Lipinski definition) is 3. The van der Waals surface area contributed by atoms with Crippen molar-refractivity contribution in [3.8, 4) is 0 Å². The lowest BCUT2D eigenvalue weighted by molar-refractivity contribution is 0.259. The third-order valence-corrected chi connectivity index (χ3v) is 6.44. The summed E-state index contributed by atoms with van der Waals surface area (Å²) >= 11 is 3.05. The molecule has 2 aromatic heterocycles. The SMILES string of the molecule is CCC(C)CC(C)(C)Sc1nc(N[C@@H](CO)CC(C)C)c2sc(N)nc2n1. The number of nitrogen functional groups attached to an aromatic ring is 1. The van der Waals surface area contributed by atoms with E-state index in [1.165, 1.54) is 11.3 Å². The number of hydrogen-bond acceptors (Lipinski definition) is 8. The molecule has 0 amide bonds. The molecule has 0 saturated carbocycles. The number of thiazole rings is 1. The quantitative estimate of drug-likeness (QED) is 0.382. The molecule has 6 nitrogen and oxygen atoms in total. The maximum atomic E-state index is 9.75. The maximum Gasteiger partial charge on any atom is 0.192 e. The van der Waals surface area contributed by atoms with Crippen molar-refractivity contribution in [3.63, 3.8) is 0 Å². The first-order chi connectivity index (χ1) is 12.6. The van der Waals surface area contributed by atoms with Crippen LogP contribution in [0.25, 0.3) is 10.3 Å². The predicted molar refractivity (Wildman–Crippen MR) is 118 cm³/mol. The van der Waals surface area contributed by atoms with Crippen molar-refractivity contribution in [1.82, 2.24) is 15.0 Å². The van der Waals surface area contributed by atoms with Gasteiger partial charge in [-0.15, -0.1) is 0 Å². The van der Waals surface area contributed by atoms with Gasteiger partial charge in [0, 0.05) is 4.75 Å². The zero-order chi connectivity index (χ0) is 20.2. The van der Waals surface area contributed by atoms with Crippen LogP contribution in [0, 0.1) is 11.8 Å². The Morgan fingerprint density at radius 2 is 1.93 bits per heavy atom. The summed E-state index contributed by atoms with van der Waals surface area (Å²) in [6, 6.07) is -0.0580. The number of nitrogens with two attached hydrogens (primary N) is 1. The summed E-state index contributed by atoms with van der Waals surface area (Å²) in [6.45, 7) is 13.3. The van der Waals surface area contributed by atoms with Crippen LogP contribution >= 0.6 is 23.1 Å². The van der Waals surface area contributed by atoms with Crippen molar-refractivity contribution in [2.24, 2.45) is 11.8 Å². The van der Waals surface area contributed by atoms with E-state index in [2.05, 4.69) is 56.8 Å². The number of nitrogens with one attached hydrogen (secondary N) is 1. The van der Waals surface area contributed by atoms with Crippen LogP contribution in [0.5, 0.6) is 0 Å². The third kappa shape index (κ3) is 6.47. The summed E-state index contributed by atoms with van der Waals surface area (Å²) in [7, 11) is 0. The molecule has 2 aromatic rings. The van der Waals surface area contributed by atoms with Crippen molar-refractivity contribution in [2.45, 2.75) is 76.8 Å². The van der Waals surface area contributed by atoms with E-state index < -0.39 is 0 Å². The second kappa shape index (κ2) is 9.39. The fourth-order valence-electron chi connectivity index (χ4n) is 3.18. The average molecular weight is 412 g/mol. The molecule has 0 aliphatic rings. The van der Waals surface area contributed by atoms with Crippen LogP contribution in [0.1, 0.15) is 60.8 Å². The Labute approximate surface area is 170 Å². The van der Waals surface area contributed by atoms with Crippen LogP contribution in [0.2, 0.25) is 0 Å². The van der Waals surface area contributed by atoms with Crippen LogP contribution in [0.3, 0.4) is 0 Å². The average Bonchev–Trinajstić information content (AvgIpc) is 2.93. The summed E-state index contributed by atoms with van der Waals surface area (Å²) in [4.78, 5) is 13.8. The molecule has 4 N–H and O–H groups in total. The number of rotatable bonds is 10. The Bertz CT molecular complexity index is 747. The highest BCUT2D eigenvalue weighted by molar-refractivity contribution is 8.00. The lowest BCUT2D eigenvalue weighted by Crippen LogP contribution is -2.26. The smallest absolute Gasteiger partial charge is 0.192 e. The van der Waals surface area contributed by atoms with E-state index in [1.807, 2.05) is 0 Å². The summed E-state index contributed by atoms with van der Waals surface area (Å²) in [5.74, 6) is 1.84. The van der Waals surface area contributed by atoms with Gasteiger partial charge in [-0.1, -0.05) is 71.1 Å².